The van der Waals surface area contributed by atoms with Gasteiger partial charge in [0.1, 0.15) is 16.5 Å². The number of nitrogens with zero attached hydrogens (tertiary/aromatic N) is 3. The van der Waals surface area contributed by atoms with E-state index in [4.69, 9.17) is 4.74 Å². The highest BCUT2D eigenvalue weighted by Gasteiger charge is 2.29. The molecule has 22 heavy (non-hydrogen) atoms. The van der Waals surface area contributed by atoms with Gasteiger partial charge in [-0.3, -0.25) is 4.79 Å². The van der Waals surface area contributed by atoms with Gasteiger partial charge in [-0.05, 0) is 44.6 Å². The highest BCUT2D eigenvalue weighted by molar-refractivity contribution is 7.17. The van der Waals surface area contributed by atoms with E-state index in [1.54, 1.807) is 11.3 Å². The Balaban J connectivity index is 1.93. The molecule has 6 heteroatoms. The molecule has 0 bridgehead atoms. The zero-order chi connectivity index (χ0) is 15.7. The number of hydrogen-bond acceptors (Lipinski definition) is 6. The van der Waals surface area contributed by atoms with Crippen molar-refractivity contribution in [1.82, 2.24) is 9.97 Å². The van der Waals surface area contributed by atoms with Crippen LogP contribution in [0.1, 0.15) is 31.2 Å². The predicted molar refractivity (Wildman–Crippen MR) is 88.5 cm³/mol. The Kier molecular flexibility index (Phi) is 4.29. The van der Waals surface area contributed by atoms with Crippen molar-refractivity contribution in [3.8, 4) is 0 Å². The van der Waals surface area contributed by atoms with Crippen LogP contribution in [0.2, 0.25) is 0 Å². The largest absolute Gasteiger partial charge is 0.466 e. The van der Waals surface area contributed by atoms with Crippen LogP contribution in [0.25, 0.3) is 10.2 Å². The SMILES string of the molecule is CCOC(=O)[C@H]1CCCN(c2nc(C)nc3scc(C)c23)C1. The molecule has 0 spiro atoms. The van der Waals surface area contributed by atoms with Crippen molar-refractivity contribution in [2.45, 2.75) is 33.6 Å². The van der Waals surface area contributed by atoms with Crippen LogP contribution in [0.3, 0.4) is 0 Å². The minimum atomic E-state index is -0.0868. The lowest BCUT2D eigenvalue weighted by Crippen LogP contribution is -2.40. The summed E-state index contributed by atoms with van der Waals surface area (Å²) in [6, 6.07) is 0. The molecule has 1 fully saturated rings. The van der Waals surface area contributed by atoms with Gasteiger partial charge in [0.15, 0.2) is 0 Å². The molecule has 0 amide bonds. The highest BCUT2D eigenvalue weighted by Crippen LogP contribution is 2.33. The number of carbonyl (C=O) groups is 1. The first-order chi connectivity index (χ1) is 10.6. The smallest absolute Gasteiger partial charge is 0.310 e. The Hall–Kier alpha value is -1.69. The Morgan fingerprint density at radius 3 is 3.05 bits per heavy atom. The first kappa shape index (κ1) is 15.2. The lowest BCUT2D eigenvalue weighted by Gasteiger charge is -2.33. The van der Waals surface area contributed by atoms with Crippen molar-refractivity contribution in [3.63, 3.8) is 0 Å². The average Bonchev–Trinajstić information content (AvgIpc) is 2.88. The van der Waals surface area contributed by atoms with Crippen molar-refractivity contribution in [2.24, 2.45) is 5.92 Å². The van der Waals surface area contributed by atoms with Crippen molar-refractivity contribution in [2.75, 3.05) is 24.6 Å². The summed E-state index contributed by atoms with van der Waals surface area (Å²) in [5.74, 6) is 1.60. The van der Waals surface area contributed by atoms with Crippen molar-refractivity contribution >= 4 is 33.3 Å². The second-order valence-electron chi connectivity index (χ2n) is 5.73. The van der Waals surface area contributed by atoms with Crippen LogP contribution in [-0.4, -0.2) is 35.6 Å². The Morgan fingerprint density at radius 1 is 1.45 bits per heavy atom. The van der Waals surface area contributed by atoms with E-state index in [1.807, 2.05) is 13.8 Å². The van der Waals surface area contributed by atoms with E-state index in [9.17, 15) is 4.79 Å². The molecule has 1 saturated heterocycles. The van der Waals surface area contributed by atoms with Gasteiger partial charge in [-0.1, -0.05) is 0 Å². The number of aromatic nitrogens is 2. The number of aryl methyl sites for hydroxylation is 2. The molecular formula is C16H21N3O2S. The fourth-order valence-electron chi connectivity index (χ4n) is 3.02. The average molecular weight is 319 g/mol. The van der Waals surface area contributed by atoms with E-state index >= 15 is 0 Å². The zero-order valence-corrected chi connectivity index (χ0v) is 14.1. The molecule has 0 aromatic carbocycles. The van der Waals surface area contributed by atoms with Gasteiger partial charge >= 0.3 is 5.97 Å². The molecule has 0 aliphatic carbocycles. The van der Waals surface area contributed by atoms with Crippen LogP contribution in [0, 0.1) is 19.8 Å². The molecule has 0 N–H and O–H groups in total. The lowest BCUT2D eigenvalue weighted by atomic mass is 9.98. The summed E-state index contributed by atoms with van der Waals surface area (Å²) in [6.07, 6.45) is 1.88. The number of thiophene rings is 1. The molecule has 1 aliphatic rings. The molecule has 2 aromatic heterocycles. The number of fused-ring (bicyclic) bond motifs is 1. The molecule has 118 valence electrons. The maximum Gasteiger partial charge on any atom is 0.310 e. The predicted octanol–water partition coefficient (Wildman–Crippen LogP) is 3.09. The third-order valence-electron chi connectivity index (χ3n) is 4.05. The van der Waals surface area contributed by atoms with E-state index in [1.165, 1.54) is 5.56 Å². The second-order valence-corrected chi connectivity index (χ2v) is 6.59. The van der Waals surface area contributed by atoms with E-state index in [0.29, 0.717) is 13.2 Å². The molecule has 3 heterocycles. The van der Waals surface area contributed by atoms with Crippen molar-refractivity contribution < 1.29 is 9.53 Å². The van der Waals surface area contributed by atoms with Crippen molar-refractivity contribution in [1.29, 1.82) is 0 Å². The van der Waals surface area contributed by atoms with Gasteiger partial charge in [0.05, 0.1) is 17.9 Å². The number of anilines is 1. The number of rotatable bonds is 3. The van der Waals surface area contributed by atoms with Crippen LogP contribution in [-0.2, 0) is 9.53 Å². The monoisotopic (exact) mass is 319 g/mol. The van der Waals surface area contributed by atoms with Gasteiger partial charge in [-0.25, -0.2) is 9.97 Å². The topological polar surface area (TPSA) is 55.3 Å². The summed E-state index contributed by atoms with van der Waals surface area (Å²) in [7, 11) is 0. The minimum Gasteiger partial charge on any atom is -0.466 e. The second kappa shape index (κ2) is 6.20. The molecule has 0 saturated carbocycles. The normalized spacial score (nSPS) is 18.7. The molecule has 5 nitrogen and oxygen atoms in total. The van der Waals surface area contributed by atoms with Gasteiger partial charge in [0, 0.05) is 13.1 Å². The summed E-state index contributed by atoms with van der Waals surface area (Å²) in [5, 5.41) is 3.25. The van der Waals surface area contributed by atoms with E-state index < -0.39 is 0 Å². The van der Waals surface area contributed by atoms with Crippen LogP contribution >= 0.6 is 11.3 Å². The quantitative estimate of drug-likeness (QED) is 0.814. The fourth-order valence-corrected chi connectivity index (χ4v) is 3.98. The molecule has 1 aliphatic heterocycles. The third-order valence-corrected chi connectivity index (χ3v) is 5.04. The standard InChI is InChI=1S/C16H21N3O2S/c1-4-21-16(20)12-6-5-7-19(8-12)14-13-10(2)9-22-15(13)18-11(3)17-14/h9,12H,4-8H2,1-3H3/t12-/m0/s1. The molecule has 0 unspecified atom stereocenters. The van der Waals surface area contributed by atoms with E-state index in [2.05, 4.69) is 27.2 Å². The molecule has 1 atom stereocenters. The molecular weight excluding hydrogens is 298 g/mol. The van der Waals surface area contributed by atoms with Crippen LogP contribution in [0.4, 0.5) is 5.82 Å². The van der Waals surface area contributed by atoms with Gasteiger partial charge in [0.25, 0.3) is 0 Å². The maximum absolute atomic E-state index is 12.0. The summed E-state index contributed by atoms with van der Waals surface area (Å²) in [5.41, 5.74) is 1.20. The summed E-state index contributed by atoms with van der Waals surface area (Å²) in [6.45, 7) is 7.91. The van der Waals surface area contributed by atoms with E-state index in [-0.39, 0.29) is 11.9 Å². The highest BCUT2D eigenvalue weighted by atomic mass is 32.1. The lowest BCUT2D eigenvalue weighted by molar-refractivity contribution is -0.148. The van der Waals surface area contributed by atoms with Crippen molar-refractivity contribution in [3.05, 3.63) is 16.8 Å². The van der Waals surface area contributed by atoms with Crippen LogP contribution in [0.15, 0.2) is 5.38 Å². The van der Waals surface area contributed by atoms with Crippen LogP contribution in [0.5, 0.6) is 0 Å². The van der Waals surface area contributed by atoms with Gasteiger partial charge in [-0.15, -0.1) is 11.3 Å². The summed E-state index contributed by atoms with van der Waals surface area (Å²) < 4.78 is 5.19. The molecule has 2 aromatic rings. The number of esters is 1. The number of ether oxygens (including phenoxy) is 1. The zero-order valence-electron chi connectivity index (χ0n) is 13.3. The van der Waals surface area contributed by atoms with E-state index in [0.717, 1.165) is 41.2 Å². The third kappa shape index (κ3) is 2.79. The van der Waals surface area contributed by atoms with Gasteiger partial charge < -0.3 is 9.64 Å². The Morgan fingerprint density at radius 2 is 2.27 bits per heavy atom. The fraction of sp³-hybridized carbons (Fsp3) is 0.562. The van der Waals surface area contributed by atoms with Crippen LogP contribution < -0.4 is 4.90 Å². The number of hydrogen-bond donors (Lipinski definition) is 0. The maximum atomic E-state index is 12.0. The Bertz CT molecular complexity index is 698. The first-order valence-electron chi connectivity index (χ1n) is 7.74. The number of carbonyl (C=O) groups excluding carboxylic acids is 1. The number of piperidine rings is 1. The molecule has 0 radical (unpaired) electrons. The minimum absolute atomic E-state index is 0.0574. The van der Waals surface area contributed by atoms with Gasteiger partial charge in [0.2, 0.25) is 0 Å². The Labute approximate surface area is 134 Å². The molecule has 3 rings (SSSR count). The van der Waals surface area contributed by atoms with Gasteiger partial charge in [-0.2, -0.15) is 0 Å². The summed E-state index contributed by atoms with van der Waals surface area (Å²) >= 11 is 1.65. The summed E-state index contributed by atoms with van der Waals surface area (Å²) in [4.78, 5) is 24.5. The first-order valence-corrected chi connectivity index (χ1v) is 8.62.